The van der Waals surface area contributed by atoms with Crippen LogP contribution in [-0.4, -0.2) is 31.5 Å². The second-order valence-corrected chi connectivity index (χ2v) is 7.98. The molecule has 2 aliphatic rings. The van der Waals surface area contributed by atoms with E-state index in [0.717, 1.165) is 57.9 Å². The molecule has 0 saturated heterocycles. The summed E-state index contributed by atoms with van der Waals surface area (Å²) in [6, 6.07) is 0.223. The lowest BCUT2D eigenvalue weighted by Gasteiger charge is -2.24. The SMILES string of the molecule is CCCNC1CCCC1S(=O)(=O)C1CCCC1. The summed E-state index contributed by atoms with van der Waals surface area (Å²) >= 11 is 0. The van der Waals surface area contributed by atoms with Gasteiger partial charge in [0.15, 0.2) is 9.84 Å². The summed E-state index contributed by atoms with van der Waals surface area (Å²) in [5.41, 5.74) is 0. The number of rotatable bonds is 5. The molecule has 0 bridgehead atoms. The fourth-order valence-corrected chi connectivity index (χ4v) is 6.02. The van der Waals surface area contributed by atoms with Crippen molar-refractivity contribution in [3.8, 4) is 0 Å². The van der Waals surface area contributed by atoms with Gasteiger partial charge in [-0.15, -0.1) is 0 Å². The molecular weight excluding hydrogens is 234 g/mol. The van der Waals surface area contributed by atoms with Crippen LogP contribution in [0.25, 0.3) is 0 Å². The second kappa shape index (κ2) is 5.70. The summed E-state index contributed by atoms with van der Waals surface area (Å²) in [5.74, 6) is 0. The third-order valence-electron chi connectivity index (χ3n) is 4.30. The maximum atomic E-state index is 12.6. The van der Waals surface area contributed by atoms with E-state index in [9.17, 15) is 8.42 Å². The fourth-order valence-electron chi connectivity index (χ4n) is 3.35. The minimum atomic E-state index is -2.88. The van der Waals surface area contributed by atoms with Gasteiger partial charge in [-0.1, -0.05) is 26.2 Å². The van der Waals surface area contributed by atoms with Crippen molar-refractivity contribution < 1.29 is 8.42 Å². The quantitative estimate of drug-likeness (QED) is 0.824. The highest BCUT2D eigenvalue weighted by Gasteiger charge is 2.42. The molecule has 2 saturated carbocycles. The monoisotopic (exact) mass is 259 g/mol. The van der Waals surface area contributed by atoms with Gasteiger partial charge in [0, 0.05) is 6.04 Å². The molecule has 17 heavy (non-hydrogen) atoms. The molecule has 2 rings (SSSR count). The smallest absolute Gasteiger partial charge is 0.157 e. The van der Waals surface area contributed by atoms with Gasteiger partial charge in [0.05, 0.1) is 10.5 Å². The zero-order valence-electron chi connectivity index (χ0n) is 10.8. The van der Waals surface area contributed by atoms with Gasteiger partial charge in [-0.2, -0.15) is 0 Å². The molecule has 4 heteroatoms. The van der Waals surface area contributed by atoms with Gasteiger partial charge in [0.25, 0.3) is 0 Å². The average Bonchev–Trinajstić information content (AvgIpc) is 2.97. The number of sulfone groups is 1. The normalized spacial score (nSPS) is 31.1. The third kappa shape index (κ3) is 2.84. The molecule has 0 radical (unpaired) electrons. The molecule has 2 aliphatic carbocycles. The van der Waals surface area contributed by atoms with Crippen molar-refractivity contribution in [1.82, 2.24) is 5.32 Å². The summed E-state index contributed by atoms with van der Waals surface area (Å²) in [4.78, 5) is 0. The van der Waals surface area contributed by atoms with Gasteiger partial charge >= 0.3 is 0 Å². The molecule has 0 aromatic carbocycles. The van der Waals surface area contributed by atoms with Crippen molar-refractivity contribution >= 4 is 9.84 Å². The first-order valence-corrected chi connectivity index (χ1v) is 8.73. The molecule has 0 aromatic rings. The molecule has 3 nitrogen and oxygen atoms in total. The second-order valence-electron chi connectivity index (χ2n) is 5.53. The molecule has 0 aliphatic heterocycles. The Morgan fingerprint density at radius 1 is 1.06 bits per heavy atom. The molecule has 100 valence electrons. The minimum absolute atomic E-state index is 0.0310. The Bertz CT molecular complexity index is 333. The summed E-state index contributed by atoms with van der Waals surface area (Å²) in [5, 5.41) is 3.30. The van der Waals surface area contributed by atoms with E-state index < -0.39 is 9.84 Å². The first kappa shape index (κ1) is 13.3. The van der Waals surface area contributed by atoms with E-state index in [4.69, 9.17) is 0 Å². The topological polar surface area (TPSA) is 46.2 Å². The van der Waals surface area contributed by atoms with E-state index >= 15 is 0 Å². The van der Waals surface area contributed by atoms with Crippen molar-refractivity contribution in [3.05, 3.63) is 0 Å². The van der Waals surface area contributed by atoms with Crippen LogP contribution in [0.3, 0.4) is 0 Å². The van der Waals surface area contributed by atoms with Crippen LogP contribution in [0.2, 0.25) is 0 Å². The molecule has 0 heterocycles. The van der Waals surface area contributed by atoms with Gasteiger partial charge in [-0.25, -0.2) is 8.42 Å². The Morgan fingerprint density at radius 3 is 2.41 bits per heavy atom. The van der Waals surface area contributed by atoms with Crippen LogP contribution in [0.5, 0.6) is 0 Å². The van der Waals surface area contributed by atoms with Crippen LogP contribution in [0, 0.1) is 0 Å². The molecule has 2 fully saturated rings. The Hall–Kier alpha value is -0.0900. The van der Waals surface area contributed by atoms with Gasteiger partial charge in [0.1, 0.15) is 0 Å². The lowest BCUT2D eigenvalue weighted by Crippen LogP contribution is -2.43. The van der Waals surface area contributed by atoms with Crippen molar-refractivity contribution in [2.75, 3.05) is 6.54 Å². The lowest BCUT2D eigenvalue weighted by molar-refractivity contribution is 0.498. The number of hydrogen-bond acceptors (Lipinski definition) is 3. The average molecular weight is 259 g/mol. The van der Waals surface area contributed by atoms with Crippen molar-refractivity contribution in [2.24, 2.45) is 0 Å². The van der Waals surface area contributed by atoms with Gasteiger partial charge in [-0.3, -0.25) is 0 Å². The summed E-state index contributed by atoms with van der Waals surface area (Å²) in [6.45, 7) is 3.07. The number of hydrogen-bond donors (Lipinski definition) is 1. The first-order chi connectivity index (χ1) is 8.16. The van der Waals surface area contributed by atoms with E-state index in [0.29, 0.717) is 0 Å². The van der Waals surface area contributed by atoms with E-state index in [-0.39, 0.29) is 16.5 Å². The van der Waals surface area contributed by atoms with Crippen LogP contribution in [0.15, 0.2) is 0 Å². The standard InChI is InChI=1S/C13H25NO2S/c1-2-10-14-12-8-5-9-13(12)17(15,16)11-6-3-4-7-11/h11-14H,2-10H2,1H3. The van der Waals surface area contributed by atoms with Crippen molar-refractivity contribution in [3.63, 3.8) is 0 Å². The Morgan fingerprint density at radius 2 is 1.76 bits per heavy atom. The first-order valence-electron chi connectivity index (χ1n) is 7.12. The minimum Gasteiger partial charge on any atom is -0.313 e. The van der Waals surface area contributed by atoms with Crippen LogP contribution < -0.4 is 5.32 Å². The highest BCUT2D eigenvalue weighted by Crippen LogP contribution is 2.34. The van der Waals surface area contributed by atoms with Crippen LogP contribution >= 0.6 is 0 Å². The Labute approximate surface area is 105 Å². The number of nitrogens with one attached hydrogen (secondary N) is 1. The van der Waals surface area contributed by atoms with Crippen molar-refractivity contribution in [1.29, 1.82) is 0 Å². The van der Waals surface area contributed by atoms with Gasteiger partial charge < -0.3 is 5.32 Å². The largest absolute Gasteiger partial charge is 0.313 e. The van der Waals surface area contributed by atoms with Gasteiger partial charge in [-0.05, 0) is 38.6 Å². The molecule has 0 spiro atoms. The summed E-state index contributed by atoms with van der Waals surface area (Å²) < 4.78 is 25.1. The van der Waals surface area contributed by atoms with E-state index in [1.54, 1.807) is 0 Å². The maximum Gasteiger partial charge on any atom is 0.157 e. The Kier molecular flexibility index (Phi) is 4.47. The molecule has 2 unspecified atom stereocenters. The van der Waals surface area contributed by atoms with E-state index in [1.165, 1.54) is 0 Å². The third-order valence-corrected chi connectivity index (χ3v) is 7.11. The predicted molar refractivity (Wildman–Crippen MR) is 70.9 cm³/mol. The molecule has 0 aromatic heterocycles. The fraction of sp³-hybridized carbons (Fsp3) is 1.00. The van der Waals surface area contributed by atoms with Crippen LogP contribution in [-0.2, 0) is 9.84 Å². The van der Waals surface area contributed by atoms with Gasteiger partial charge in [0.2, 0.25) is 0 Å². The van der Waals surface area contributed by atoms with Crippen LogP contribution in [0.1, 0.15) is 58.3 Å². The summed E-state index contributed by atoms with van der Waals surface area (Å²) in [7, 11) is -2.88. The zero-order chi connectivity index (χ0) is 12.3. The van der Waals surface area contributed by atoms with E-state index in [2.05, 4.69) is 12.2 Å². The molecule has 1 N–H and O–H groups in total. The summed E-state index contributed by atoms with van der Waals surface area (Å²) in [6.07, 6.45) is 8.06. The molecule has 0 amide bonds. The molecular formula is C13H25NO2S. The Balaban J connectivity index is 2.03. The van der Waals surface area contributed by atoms with Crippen LogP contribution in [0.4, 0.5) is 0 Å². The highest BCUT2D eigenvalue weighted by atomic mass is 32.2. The van der Waals surface area contributed by atoms with Crippen molar-refractivity contribution in [2.45, 2.75) is 74.8 Å². The highest BCUT2D eigenvalue weighted by molar-refractivity contribution is 7.92. The molecule has 2 atom stereocenters. The lowest BCUT2D eigenvalue weighted by atomic mass is 10.2. The zero-order valence-corrected chi connectivity index (χ0v) is 11.6. The maximum absolute atomic E-state index is 12.6. The predicted octanol–water partition coefficient (Wildman–Crippen LogP) is 2.26. The van der Waals surface area contributed by atoms with E-state index in [1.807, 2.05) is 0 Å².